The van der Waals surface area contributed by atoms with Crippen LogP contribution >= 0.6 is 0 Å². The highest BCUT2D eigenvalue weighted by atomic mass is 16.3. The van der Waals surface area contributed by atoms with E-state index < -0.39 is 0 Å². The van der Waals surface area contributed by atoms with Gasteiger partial charge >= 0.3 is 0 Å². The van der Waals surface area contributed by atoms with Crippen molar-refractivity contribution in [1.29, 1.82) is 0 Å². The van der Waals surface area contributed by atoms with Crippen molar-refractivity contribution in [3.8, 4) is 0 Å². The molecule has 0 heterocycles. The van der Waals surface area contributed by atoms with Gasteiger partial charge in [-0.25, -0.2) is 4.99 Å². The number of nitrogens with zero attached hydrogens (tertiary/aromatic N) is 2. The van der Waals surface area contributed by atoms with Crippen molar-refractivity contribution in [2.75, 3.05) is 45.7 Å². The summed E-state index contributed by atoms with van der Waals surface area (Å²) in [6.07, 6.45) is 0. The lowest BCUT2D eigenvalue weighted by Crippen LogP contribution is -2.39. The molecule has 0 saturated heterocycles. The van der Waals surface area contributed by atoms with E-state index in [1.54, 1.807) is 0 Å². The number of aliphatic imine (C=N–C) groups is 1. The summed E-state index contributed by atoms with van der Waals surface area (Å²) in [6.45, 7) is 4.20. The maximum atomic E-state index is 12.0. The molecular weight excluding hydrogens is 378 g/mol. The molecule has 0 fully saturated rings. The van der Waals surface area contributed by atoms with Crippen molar-refractivity contribution < 1.29 is 9.90 Å². The van der Waals surface area contributed by atoms with E-state index in [0.717, 1.165) is 23.4 Å². The van der Waals surface area contributed by atoms with Gasteiger partial charge in [-0.1, -0.05) is 42.5 Å². The average molecular weight is 412 g/mol. The number of anilines is 1. The zero-order valence-corrected chi connectivity index (χ0v) is 18.1. The lowest BCUT2D eigenvalue weighted by molar-refractivity contribution is -0.116. The number of hydrogen-bond acceptors (Lipinski definition) is 4. The Bertz CT molecular complexity index is 808. The zero-order chi connectivity index (χ0) is 21.8. The number of carbonyl (C=O) groups excluding carboxylic acids is 1. The highest BCUT2D eigenvalue weighted by molar-refractivity contribution is 5.92. The van der Waals surface area contributed by atoms with Gasteiger partial charge in [-0.15, -0.1) is 0 Å². The van der Waals surface area contributed by atoms with Crippen LogP contribution < -0.4 is 16.0 Å². The molecule has 30 heavy (non-hydrogen) atoms. The van der Waals surface area contributed by atoms with Crippen LogP contribution in [0, 0.1) is 0 Å². The Labute approximate surface area is 179 Å². The standard InChI is InChI=1S/C23H33N5O2/c1-4-24-23(26-15-20(17-29)19-10-6-5-7-11-19)25-14-18-9-8-12-21(13-18)27-22(30)16-28(2)3/h5-13,20,29H,4,14-17H2,1-3H3,(H,27,30)(H2,24,25,26). The summed E-state index contributed by atoms with van der Waals surface area (Å²) in [5, 5.41) is 19.2. The first-order valence-corrected chi connectivity index (χ1v) is 10.2. The first-order chi connectivity index (χ1) is 14.5. The van der Waals surface area contributed by atoms with Crippen LogP contribution in [-0.4, -0.2) is 62.2 Å². The van der Waals surface area contributed by atoms with Gasteiger partial charge in [-0.05, 0) is 44.3 Å². The monoisotopic (exact) mass is 411 g/mol. The van der Waals surface area contributed by atoms with Crippen molar-refractivity contribution in [3.63, 3.8) is 0 Å². The number of nitrogens with one attached hydrogen (secondary N) is 3. The Morgan fingerprint density at radius 1 is 1.10 bits per heavy atom. The normalized spacial score (nSPS) is 12.5. The lowest BCUT2D eigenvalue weighted by atomic mass is 10.0. The minimum atomic E-state index is -0.0494. The van der Waals surface area contributed by atoms with Gasteiger partial charge in [0.2, 0.25) is 5.91 Å². The molecule has 0 saturated carbocycles. The predicted octanol–water partition coefficient (Wildman–Crippen LogP) is 2.02. The minimum absolute atomic E-state index is 0.00899. The van der Waals surface area contributed by atoms with Crippen molar-refractivity contribution in [1.82, 2.24) is 15.5 Å². The molecule has 7 heteroatoms. The third-order valence-electron chi connectivity index (χ3n) is 4.44. The number of aliphatic hydroxyl groups is 1. The molecule has 2 aromatic rings. The molecule has 4 N–H and O–H groups in total. The van der Waals surface area contributed by atoms with E-state index in [4.69, 9.17) is 0 Å². The number of benzene rings is 2. The van der Waals surface area contributed by atoms with Crippen LogP contribution in [0.3, 0.4) is 0 Å². The van der Waals surface area contributed by atoms with E-state index in [-0.39, 0.29) is 18.4 Å². The van der Waals surface area contributed by atoms with Crippen molar-refractivity contribution >= 4 is 17.6 Å². The molecule has 2 rings (SSSR count). The molecule has 1 amide bonds. The van der Waals surface area contributed by atoms with Crippen LogP contribution in [0.1, 0.15) is 24.0 Å². The topological polar surface area (TPSA) is 89.0 Å². The van der Waals surface area contributed by atoms with Crippen LogP contribution in [0.4, 0.5) is 5.69 Å². The summed E-state index contributed by atoms with van der Waals surface area (Å²) < 4.78 is 0. The summed E-state index contributed by atoms with van der Waals surface area (Å²) in [5.74, 6) is 0.630. The molecule has 0 bridgehead atoms. The van der Waals surface area contributed by atoms with Gasteiger partial charge in [0.05, 0.1) is 19.7 Å². The van der Waals surface area contributed by atoms with Gasteiger partial charge < -0.3 is 26.0 Å². The molecule has 2 aromatic carbocycles. The van der Waals surface area contributed by atoms with Gasteiger partial charge in [0.25, 0.3) is 0 Å². The molecule has 7 nitrogen and oxygen atoms in total. The van der Waals surface area contributed by atoms with Crippen molar-refractivity contribution in [3.05, 3.63) is 65.7 Å². The number of amides is 1. The van der Waals surface area contributed by atoms with Crippen molar-refractivity contribution in [2.45, 2.75) is 19.4 Å². The number of hydrogen-bond donors (Lipinski definition) is 4. The molecule has 0 radical (unpaired) electrons. The largest absolute Gasteiger partial charge is 0.396 e. The Hall–Kier alpha value is -2.90. The van der Waals surface area contributed by atoms with Crippen LogP contribution in [0.25, 0.3) is 0 Å². The molecule has 0 aliphatic rings. The fourth-order valence-corrected chi connectivity index (χ4v) is 2.98. The number of rotatable bonds is 10. The fourth-order valence-electron chi connectivity index (χ4n) is 2.98. The summed E-state index contributed by atoms with van der Waals surface area (Å²) in [5.41, 5.74) is 2.85. The first-order valence-electron chi connectivity index (χ1n) is 10.2. The van der Waals surface area contributed by atoms with Gasteiger partial charge in [-0.2, -0.15) is 0 Å². The van der Waals surface area contributed by atoms with E-state index in [1.165, 1.54) is 0 Å². The third-order valence-corrected chi connectivity index (χ3v) is 4.44. The Morgan fingerprint density at radius 2 is 1.87 bits per heavy atom. The smallest absolute Gasteiger partial charge is 0.238 e. The number of likely N-dealkylation sites (N-methyl/N-ethyl adjacent to an activating group) is 1. The molecule has 0 aliphatic heterocycles. The van der Waals surface area contributed by atoms with Gasteiger partial charge in [0.1, 0.15) is 0 Å². The zero-order valence-electron chi connectivity index (χ0n) is 18.1. The number of guanidine groups is 1. The summed E-state index contributed by atoms with van der Waals surface area (Å²) in [4.78, 5) is 18.4. The maximum Gasteiger partial charge on any atom is 0.238 e. The van der Waals surface area contributed by atoms with E-state index in [0.29, 0.717) is 25.6 Å². The Kier molecular flexibility index (Phi) is 9.83. The van der Waals surface area contributed by atoms with Crippen LogP contribution in [0.2, 0.25) is 0 Å². The van der Waals surface area contributed by atoms with Gasteiger partial charge in [0.15, 0.2) is 5.96 Å². The summed E-state index contributed by atoms with van der Waals surface area (Å²) in [7, 11) is 3.72. The average Bonchev–Trinajstić information content (AvgIpc) is 2.72. The Morgan fingerprint density at radius 3 is 2.53 bits per heavy atom. The summed E-state index contributed by atoms with van der Waals surface area (Å²) in [6, 6.07) is 17.6. The summed E-state index contributed by atoms with van der Waals surface area (Å²) >= 11 is 0. The van der Waals surface area contributed by atoms with Crippen molar-refractivity contribution in [2.24, 2.45) is 4.99 Å². The first kappa shape index (κ1) is 23.4. The molecular formula is C23H33N5O2. The van der Waals surface area contributed by atoms with E-state index in [9.17, 15) is 9.90 Å². The predicted molar refractivity (Wildman–Crippen MR) is 123 cm³/mol. The van der Waals surface area contributed by atoms with E-state index in [2.05, 4.69) is 20.9 Å². The molecule has 0 spiro atoms. The second-order valence-electron chi connectivity index (χ2n) is 7.35. The minimum Gasteiger partial charge on any atom is -0.396 e. The quantitative estimate of drug-likeness (QED) is 0.355. The van der Waals surface area contributed by atoms with Crippen LogP contribution in [-0.2, 0) is 11.3 Å². The lowest BCUT2D eigenvalue weighted by Gasteiger charge is -2.18. The molecule has 1 atom stereocenters. The van der Waals surface area contributed by atoms with Gasteiger partial charge in [0, 0.05) is 24.7 Å². The van der Waals surface area contributed by atoms with Gasteiger partial charge in [-0.3, -0.25) is 4.79 Å². The molecule has 0 aliphatic carbocycles. The van der Waals surface area contributed by atoms with Crippen LogP contribution in [0.5, 0.6) is 0 Å². The SMILES string of the molecule is CCNC(=NCc1cccc(NC(=O)CN(C)C)c1)NCC(CO)c1ccccc1. The Balaban J connectivity index is 1.98. The second kappa shape index (κ2) is 12.6. The maximum absolute atomic E-state index is 12.0. The molecule has 162 valence electrons. The fraction of sp³-hybridized carbons (Fsp3) is 0.391. The van der Waals surface area contributed by atoms with E-state index in [1.807, 2.05) is 80.5 Å². The third kappa shape index (κ3) is 8.23. The highest BCUT2D eigenvalue weighted by Gasteiger charge is 2.11. The second-order valence-corrected chi connectivity index (χ2v) is 7.35. The highest BCUT2D eigenvalue weighted by Crippen LogP contribution is 2.14. The molecule has 0 aromatic heterocycles. The van der Waals surface area contributed by atoms with E-state index >= 15 is 0 Å². The number of aliphatic hydroxyl groups excluding tert-OH is 1. The number of carbonyl (C=O) groups is 1. The van der Waals surface area contributed by atoms with Crippen LogP contribution in [0.15, 0.2) is 59.6 Å². The molecule has 1 unspecified atom stereocenters.